The van der Waals surface area contributed by atoms with Gasteiger partial charge in [0.1, 0.15) is 5.75 Å². The standard InChI is InChI=1S/C20H15ClN2O2/c1-12(2)18-10-15(14-5-3-4-6-17(14)23-18)20(24)25-19-8-7-13(11-22)9-16(19)21/h3-10,12H,1-2H3. The van der Waals surface area contributed by atoms with E-state index in [9.17, 15) is 4.79 Å². The van der Waals surface area contributed by atoms with Crippen molar-refractivity contribution in [3.05, 3.63) is 70.4 Å². The van der Waals surface area contributed by atoms with E-state index in [-0.39, 0.29) is 16.7 Å². The molecule has 0 bridgehead atoms. The summed E-state index contributed by atoms with van der Waals surface area (Å²) in [6.07, 6.45) is 0. The van der Waals surface area contributed by atoms with Crippen molar-refractivity contribution in [3.63, 3.8) is 0 Å². The van der Waals surface area contributed by atoms with E-state index in [2.05, 4.69) is 4.98 Å². The highest BCUT2D eigenvalue weighted by Crippen LogP contribution is 2.28. The Balaban J connectivity index is 2.03. The van der Waals surface area contributed by atoms with E-state index in [1.165, 1.54) is 12.1 Å². The van der Waals surface area contributed by atoms with Crippen molar-refractivity contribution in [2.45, 2.75) is 19.8 Å². The molecular weight excluding hydrogens is 336 g/mol. The normalized spacial score (nSPS) is 10.7. The largest absolute Gasteiger partial charge is 0.421 e. The number of aromatic nitrogens is 1. The molecule has 0 aliphatic heterocycles. The quantitative estimate of drug-likeness (QED) is 0.487. The second-order valence-electron chi connectivity index (χ2n) is 5.91. The van der Waals surface area contributed by atoms with Gasteiger partial charge < -0.3 is 4.74 Å². The number of fused-ring (bicyclic) bond motifs is 1. The second-order valence-corrected chi connectivity index (χ2v) is 6.32. The molecule has 0 saturated heterocycles. The first-order chi connectivity index (χ1) is 12.0. The van der Waals surface area contributed by atoms with Gasteiger partial charge in [0.25, 0.3) is 0 Å². The molecule has 0 unspecified atom stereocenters. The fraction of sp³-hybridized carbons (Fsp3) is 0.150. The summed E-state index contributed by atoms with van der Waals surface area (Å²) < 4.78 is 5.47. The third-order valence-corrected chi connectivity index (χ3v) is 4.11. The summed E-state index contributed by atoms with van der Waals surface area (Å²) in [6, 6.07) is 15.7. The third kappa shape index (κ3) is 3.47. The first-order valence-corrected chi connectivity index (χ1v) is 8.19. The molecule has 0 saturated carbocycles. The minimum absolute atomic E-state index is 0.176. The number of carbonyl (C=O) groups is 1. The van der Waals surface area contributed by atoms with Crippen molar-refractivity contribution in [3.8, 4) is 11.8 Å². The van der Waals surface area contributed by atoms with Crippen molar-refractivity contribution in [1.82, 2.24) is 4.98 Å². The Morgan fingerprint density at radius 2 is 1.96 bits per heavy atom. The smallest absolute Gasteiger partial charge is 0.344 e. The van der Waals surface area contributed by atoms with Crippen LogP contribution in [0.3, 0.4) is 0 Å². The number of hydrogen-bond acceptors (Lipinski definition) is 4. The molecule has 25 heavy (non-hydrogen) atoms. The Hall–Kier alpha value is -2.90. The summed E-state index contributed by atoms with van der Waals surface area (Å²) in [6.45, 7) is 4.04. The van der Waals surface area contributed by atoms with Crippen molar-refractivity contribution < 1.29 is 9.53 Å². The zero-order valence-corrected chi connectivity index (χ0v) is 14.5. The van der Waals surface area contributed by atoms with Crippen LogP contribution in [0.25, 0.3) is 10.9 Å². The van der Waals surface area contributed by atoms with E-state index < -0.39 is 5.97 Å². The number of para-hydroxylation sites is 1. The number of hydrogen-bond donors (Lipinski definition) is 0. The molecule has 0 aliphatic rings. The number of benzene rings is 2. The Bertz CT molecular complexity index is 1010. The van der Waals surface area contributed by atoms with Crippen LogP contribution >= 0.6 is 11.6 Å². The number of esters is 1. The van der Waals surface area contributed by atoms with Crippen molar-refractivity contribution in [2.75, 3.05) is 0 Å². The summed E-state index contributed by atoms with van der Waals surface area (Å²) in [5.41, 5.74) is 2.40. The molecule has 4 nitrogen and oxygen atoms in total. The fourth-order valence-electron chi connectivity index (χ4n) is 2.47. The number of nitrogens with zero attached hydrogens (tertiary/aromatic N) is 2. The Labute approximate surface area is 150 Å². The van der Waals surface area contributed by atoms with E-state index in [0.29, 0.717) is 11.1 Å². The molecule has 0 amide bonds. The van der Waals surface area contributed by atoms with E-state index in [1.54, 1.807) is 12.1 Å². The number of nitriles is 1. The van der Waals surface area contributed by atoms with E-state index >= 15 is 0 Å². The lowest BCUT2D eigenvalue weighted by Gasteiger charge is -2.12. The zero-order chi connectivity index (χ0) is 18.0. The molecule has 1 heterocycles. The molecule has 2 aromatic carbocycles. The highest BCUT2D eigenvalue weighted by molar-refractivity contribution is 6.32. The first-order valence-electron chi connectivity index (χ1n) is 7.81. The lowest BCUT2D eigenvalue weighted by molar-refractivity contribution is 0.0736. The molecule has 5 heteroatoms. The molecule has 1 aromatic heterocycles. The van der Waals surface area contributed by atoms with Gasteiger partial charge in [0.2, 0.25) is 0 Å². The SMILES string of the molecule is CC(C)c1cc(C(=O)Oc2ccc(C#N)cc2Cl)c2ccccc2n1. The monoisotopic (exact) mass is 350 g/mol. The number of ether oxygens (including phenoxy) is 1. The van der Waals surface area contributed by atoms with Crippen LogP contribution in [0.15, 0.2) is 48.5 Å². The molecule has 3 aromatic rings. The van der Waals surface area contributed by atoms with Gasteiger partial charge in [0.05, 0.1) is 27.7 Å². The number of rotatable bonds is 3. The van der Waals surface area contributed by atoms with Gasteiger partial charge >= 0.3 is 5.97 Å². The summed E-state index contributed by atoms with van der Waals surface area (Å²) in [7, 11) is 0. The van der Waals surface area contributed by atoms with Crippen LogP contribution in [0.2, 0.25) is 5.02 Å². The predicted molar refractivity (Wildman–Crippen MR) is 97.0 cm³/mol. The van der Waals surface area contributed by atoms with Crippen LogP contribution < -0.4 is 4.74 Å². The highest BCUT2D eigenvalue weighted by atomic mass is 35.5. The van der Waals surface area contributed by atoms with Crippen LogP contribution in [-0.4, -0.2) is 11.0 Å². The maximum absolute atomic E-state index is 12.7. The molecule has 3 rings (SSSR count). The van der Waals surface area contributed by atoms with Gasteiger partial charge in [-0.05, 0) is 36.2 Å². The van der Waals surface area contributed by atoms with Crippen LogP contribution in [-0.2, 0) is 0 Å². The van der Waals surface area contributed by atoms with Gasteiger partial charge in [0.15, 0.2) is 0 Å². The maximum atomic E-state index is 12.7. The zero-order valence-electron chi connectivity index (χ0n) is 13.8. The highest BCUT2D eigenvalue weighted by Gasteiger charge is 2.17. The summed E-state index contributed by atoms with van der Waals surface area (Å²) >= 11 is 6.10. The van der Waals surface area contributed by atoms with E-state index in [0.717, 1.165) is 16.6 Å². The van der Waals surface area contributed by atoms with Crippen LogP contribution in [0.5, 0.6) is 5.75 Å². The predicted octanol–water partition coefficient (Wildman–Crippen LogP) is 5.10. The Morgan fingerprint density at radius 1 is 1.20 bits per heavy atom. The average molecular weight is 351 g/mol. The molecular formula is C20H15ClN2O2. The molecule has 0 fully saturated rings. The Morgan fingerprint density at radius 3 is 2.64 bits per heavy atom. The molecule has 0 spiro atoms. The van der Waals surface area contributed by atoms with Gasteiger partial charge in [0, 0.05) is 11.1 Å². The Kier molecular flexibility index (Phi) is 4.69. The maximum Gasteiger partial charge on any atom is 0.344 e. The van der Waals surface area contributed by atoms with Gasteiger partial charge in [-0.15, -0.1) is 0 Å². The average Bonchev–Trinajstić information content (AvgIpc) is 2.62. The topological polar surface area (TPSA) is 63.0 Å². The molecule has 0 aliphatic carbocycles. The van der Waals surface area contributed by atoms with Gasteiger partial charge in [-0.25, -0.2) is 4.79 Å². The van der Waals surface area contributed by atoms with Gasteiger partial charge in [-0.3, -0.25) is 4.98 Å². The summed E-state index contributed by atoms with van der Waals surface area (Å²) in [4.78, 5) is 17.3. The van der Waals surface area contributed by atoms with E-state index in [4.69, 9.17) is 21.6 Å². The van der Waals surface area contributed by atoms with Crippen molar-refractivity contribution in [2.24, 2.45) is 0 Å². The molecule has 0 N–H and O–H groups in total. The lowest BCUT2D eigenvalue weighted by atomic mass is 10.0. The van der Waals surface area contributed by atoms with Crippen molar-refractivity contribution >= 4 is 28.5 Å². The molecule has 0 radical (unpaired) electrons. The second kappa shape index (κ2) is 6.92. The van der Waals surface area contributed by atoms with Gasteiger partial charge in [-0.1, -0.05) is 43.6 Å². The molecule has 124 valence electrons. The summed E-state index contributed by atoms with van der Waals surface area (Å²) in [5.74, 6) is -0.112. The summed E-state index contributed by atoms with van der Waals surface area (Å²) in [5, 5.41) is 9.83. The minimum Gasteiger partial charge on any atom is -0.421 e. The lowest BCUT2D eigenvalue weighted by Crippen LogP contribution is -2.11. The fourth-order valence-corrected chi connectivity index (χ4v) is 2.69. The van der Waals surface area contributed by atoms with Crippen LogP contribution in [0.4, 0.5) is 0 Å². The number of pyridine rings is 1. The van der Waals surface area contributed by atoms with E-state index in [1.807, 2.05) is 44.2 Å². The minimum atomic E-state index is -0.507. The third-order valence-electron chi connectivity index (χ3n) is 3.81. The first kappa shape index (κ1) is 16.9. The van der Waals surface area contributed by atoms with Crippen molar-refractivity contribution in [1.29, 1.82) is 5.26 Å². The molecule has 0 atom stereocenters. The van der Waals surface area contributed by atoms with Gasteiger partial charge in [-0.2, -0.15) is 5.26 Å². The van der Waals surface area contributed by atoms with Crippen LogP contribution in [0, 0.1) is 11.3 Å². The number of halogens is 1. The number of carbonyl (C=O) groups excluding carboxylic acids is 1. The van der Waals surface area contributed by atoms with Crippen LogP contribution in [0.1, 0.15) is 41.4 Å².